The molecule has 7 heteroatoms. The van der Waals surface area contributed by atoms with Gasteiger partial charge in [0.2, 0.25) is 0 Å². The minimum Gasteiger partial charge on any atom is -0.265 e. The second kappa shape index (κ2) is 4.58. The van der Waals surface area contributed by atoms with Crippen LogP contribution in [0.15, 0.2) is 48.1 Å². The maximum Gasteiger partial charge on any atom is 0.177 e. The van der Waals surface area contributed by atoms with Gasteiger partial charge in [0.05, 0.1) is 6.21 Å². The van der Waals surface area contributed by atoms with Crippen LogP contribution in [0, 0.1) is 0 Å². The molecule has 3 rings (SSSR count). The molecule has 3 aromatic heterocycles. The van der Waals surface area contributed by atoms with Crippen LogP contribution in [0.2, 0.25) is 0 Å². The quantitative estimate of drug-likeness (QED) is 0.544. The molecule has 18 heavy (non-hydrogen) atoms. The van der Waals surface area contributed by atoms with Crippen molar-refractivity contribution in [3.8, 4) is 0 Å². The van der Waals surface area contributed by atoms with Crippen LogP contribution >= 0.6 is 0 Å². The molecule has 0 spiro atoms. The lowest BCUT2D eigenvalue weighted by Gasteiger charge is -1.98. The van der Waals surface area contributed by atoms with Crippen LogP contribution in [-0.2, 0) is 0 Å². The lowest BCUT2D eigenvalue weighted by molar-refractivity contribution is 0.925. The van der Waals surface area contributed by atoms with Gasteiger partial charge in [-0.15, -0.1) is 15.3 Å². The van der Waals surface area contributed by atoms with Gasteiger partial charge in [-0.1, -0.05) is 0 Å². The summed E-state index contributed by atoms with van der Waals surface area (Å²) < 4.78 is 1.57. The molecule has 0 aliphatic carbocycles. The largest absolute Gasteiger partial charge is 0.265 e. The van der Waals surface area contributed by atoms with Crippen LogP contribution < -0.4 is 5.43 Å². The second-order valence-corrected chi connectivity index (χ2v) is 3.50. The van der Waals surface area contributed by atoms with Crippen molar-refractivity contribution >= 4 is 17.7 Å². The number of nitrogens with one attached hydrogen (secondary N) is 1. The number of hydrogen-bond acceptors (Lipinski definition) is 6. The van der Waals surface area contributed by atoms with Crippen molar-refractivity contribution in [2.24, 2.45) is 5.10 Å². The fraction of sp³-hybridized carbons (Fsp3) is 0. The molecule has 1 N–H and O–H groups in total. The predicted octanol–water partition coefficient (Wildman–Crippen LogP) is 0.965. The molecule has 0 fully saturated rings. The van der Waals surface area contributed by atoms with Crippen molar-refractivity contribution < 1.29 is 0 Å². The van der Waals surface area contributed by atoms with Crippen LogP contribution in [0.3, 0.4) is 0 Å². The van der Waals surface area contributed by atoms with Crippen LogP contribution in [0.1, 0.15) is 5.56 Å². The van der Waals surface area contributed by atoms with Gasteiger partial charge in [0.1, 0.15) is 6.33 Å². The van der Waals surface area contributed by atoms with E-state index in [1.165, 1.54) is 6.33 Å². The summed E-state index contributed by atoms with van der Waals surface area (Å²) in [6, 6.07) is 7.32. The first kappa shape index (κ1) is 10.3. The van der Waals surface area contributed by atoms with Crippen molar-refractivity contribution in [1.29, 1.82) is 0 Å². The Kier molecular flexibility index (Phi) is 2.63. The molecule has 0 amide bonds. The number of anilines is 1. The molecule has 3 aromatic rings. The van der Waals surface area contributed by atoms with E-state index in [-0.39, 0.29) is 0 Å². The summed E-state index contributed by atoms with van der Waals surface area (Å²) in [6.07, 6.45) is 6.65. The zero-order valence-corrected chi connectivity index (χ0v) is 9.30. The second-order valence-electron chi connectivity index (χ2n) is 3.50. The topological polar surface area (TPSA) is 80.4 Å². The number of fused-ring (bicyclic) bond motifs is 1. The zero-order valence-electron chi connectivity index (χ0n) is 9.30. The lowest BCUT2D eigenvalue weighted by atomic mass is 10.3. The molecule has 7 nitrogen and oxygen atoms in total. The average molecular weight is 239 g/mol. The molecule has 0 radical (unpaired) electrons. The number of hydrogen-bond donors (Lipinski definition) is 1. The van der Waals surface area contributed by atoms with Crippen molar-refractivity contribution in [1.82, 2.24) is 24.8 Å². The van der Waals surface area contributed by atoms with E-state index < -0.39 is 0 Å². The van der Waals surface area contributed by atoms with E-state index in [0.717, 1.165) is 5.56 Å². The van der Waals surface area contributed by atoms with Crippen LogP contribution in [0.4, 0.5) is 5.82 Å². The predicted molar refractivity (Wildman–Crippen MR) is 66.2 cm³/mol. The summed E-state index contributed by atoms with van der Waals surface area (Å²) >= 11 is 0. The smallest absolute Gasteiger partial charge is 0.177 e. The van der Waals surface area contributed by atoms with Crippen molar-refractivity contribution in [2.45, 2.75) is 0 Å². The van der Waals surface area contributed by atoms with E-state index in [9.17, 15) is 0 Å². The molecule has 88 valence electrons. The SMILES string of the molecule is C(=NNc1ccc2nncn2n1)c1ccncc1. The summed E-state index contributed by atoms with van der Waals surface area (Å²) in [4.78, 5) is 3.93. The molecular weight excluding hydrogens is 230 g/mol. The summed E-state index contributed by atoms with van der Waals surface area (Å²) in [7, 11) is 0. The molecule has 0 aromatic carbocycles. The van der Waals surface area contributed by atoms with E-state index in [0.29, 0.717) is 11.5 Å². The van der Waals surface area contributed by atoms with Crippen molar-refractivity contribution in [2.75, 3.05) is 5.43 Å². The Morgan fingerprint density at radius 2 is 2.06 bits per heavy atom. The van der Waals surface area contributed by atoms with Gasteiger partial charge >= 0.3 is 0 Å². The fourth-order valence-corrected chi connectivity index (χ4v) is 1.41. The van der Waals surface area contributed by atoms with Crippen molar-refractivity contribution in [3.63, 3.8) is 0 Å². The Bertz CT molecular complexity index is 674. The van der Waals surface area contributed by atoms with Crippen LogP contribution in [-0.4, -0.2) is 31.0 Å². The number of hydrazone groups is 1. The normalized spacial score (nSPS) is 11.1. The Balaban J connectivity index is 1.74. The molecule has 0 aliphatic rings. The first-order valence-corrected chi connectivity index (χ1v) is 5.28. The first-order valence-electron chi connectivity index (χ1n) is 5.28. The van der Waals surface area contributed by atoms with Crippen LogP contribution in [0.5, 0.6) is 0 Å². The van der Waals surface area contributed by atoms with Gasteiger partial charge in [0, 0.05) is 12.4 Å². The minimum atomic E-state index is 0.618. The maximum absolute atomic E-state index is 4.22. The fourth-order valence-electron chi connectivity index (χ4n) is 1.41. The highest BCUT2D eigenvalue weighted by Crippen LogP contribution is 2.03. The molecule has 3 heterocycles. The van der Waals surface area contributed by atoms with Gasteiger partial charge in [-0.05, 0) is 29.8 Å². The highest BCUT2D eigenvalue weighted by molar-refractivity contribution is 5.79. The Morgan fingerprint density at radius 3 is 2.94 bits per heavy atom. The third-order valence-corrected chi connectivity index (χ3v) is 2.26. The van der Waals surface area contributed by atoms with E-state index >= 15 is 0 Å². The van der Waals surface area contributed by atoms with Crippen molar-refractivity contribution in [3.05, 3.63) is 48.5 Å². The monoisotopic (exact) mass is 239 g/mol. The standard InChI is InChI=1S/C11H9N7/c1-2-11-16-14-8-18(11)17-10(1)15-13-7-9-3-5-12-6-4-9/h1-8H,(H,15,17). The molecule has 0 aliphatic heterocycles. The molecule has 0 saturated heterocycles. The lowest BCUT2D eigenvalue weighted by Crippen LogP contribution is -1.98. The molecular formula is C11H9N7. The third kappa shape index (κ3) is 2.14. The molecule has 0 atom stereocenters. The number of rotatable bonds is 3. The first-order chi connectivity index (χ1) is 8.92. The van der Waals surface area contributed by atoms with E-state index in [1.807, 2.05) is 18.2 Å². The third-order valence-electron chi connectivity index (χ3n) is 2.26. The van der Waals surface area contributed by atoms with Gasteiger partial charge in [-0.25, -0.2) is 0 Å². The summed E-state index contributed by atoms with van der Waals surface area (Å²) in [6.45, 7) is 0. The summed E-state index contributed by atoms with van der Waals surface area (Å²) in [5.74, 6) is 0.618. The average Bonchev–Trinajstić information content (AvgIpc) is 2.87. The van der Waals surface area contributed by atoms with Gasteiger partial charge in [-0.2, -0.15) is 9.62 Å². The van der Waals surface area contributed by atoms with Gasteiger partial charge < -0.3 is 0 Å². The minimum absolute atomic E-state index is 0.618. The Hall–Kier alpha value is -2.83. The van der Waals surface area contributed by atoms with E-state index in [2.05, 4.69) is 30.8 Å². The molecule has 0 unspecified atom stereocenters. The highest BCUT2D eigenvalue weighted by Gasteiger charge is 1.97. The summed E-state index contributed by atoms with van der Waals surface area (Å²) in [5.41, 5.74) is 4.49. The zero-order chi connectivity index (χ0) is 12.2. The van der Waals surface area contributed by atoms with Crippen LogP contribution in [0.25, 0.3) is 5.65 Å². The van der Waals surface area contributed by atoms with E-state index in [4.69, 9.17) is 0 Å². The summed E-state index contributed by atoms with van der Waals surface area (Å²) in [5, 5.41) is 15.9. The van der Waals surface area contributed by atoms with Gasteiger partial charge in [0.15, 0.2) is 11.5 Å². The van der Waals surface area contributed by atoms with E-state index in [1.54, 1.807) is 29.2 Å². The Morgan fingerprint density at radius 1 is 1.17 bits per heavy atom. The van der Waals surface area contributed by atoms with Gasteiger partial charge in [0.25, 0.3) is 0 Å². The number of pyridine rings is 1. The number of aromatic nitrogens is 5. The Labute approximate surface area is 102 Å². The maximum atomic E-state index is 4.22. The number of nitrogens with zero attached hydrogens (tertiary/aromatic N) is 6. The molecule has 0 bridgehead atoms. The highest BCUT2D eigenvalue weighted by atomic mass is 15.4. The molecule has 0 saturated carbocycles. The van der Waals surface area contributed by atoms with Gasteiger partial charge in [-0.3, -0.25) is 10.4 Å².